The normalized spacial score (nSPS) is 12.6. The van der Waals surface area contributed by atoms with Crippen LogP contribution >= 0.6 is 34.2 Å². The molecule has 4 heteroatoms. The number of benzene rings is 1. The van der Waals surface area contributed by atoms with Crippen molar-refractivity contribution in [2.75, 3.05) is 5.88 Å². The predicted molar refractivity (Wildman–Crippen MR) is 76.0 cm³/mol. The Bertz CT molecular complexity index is 368. The lowest BCUT2D eigenvalue weighted by Crippen LogP contribution is -2.39. The van der Waals surface area contributed by atoms with Gasteiger partial charge in [0.15, 0.2) is 0 Å². The maximum atomic E-state index is 11.9. The second kappa shape index (κ2) is 6.45. The Morgan fingerprint density at radius 3 is 2.69 bits per heavy atom. The molecular formula is C12H15ClINO. The summed E-state index contributed by atoms with van der Waals surface area (Å²) in [5, 5.41) is 2.94. The van der Waals surface area contributed by atoms with Gasteiger partial charge < -0.3 is 5.32 Å². The second-order valence-electron chi connectivity index (χ2n) is 3.99. The molecule has 1 unspecified atom stereocenters. The van der Waals surface area contributed by atoms with Crippen molar-refractivity contribution in [3.63, 3.8) is 0 Å². The Balaban J connectivity index is 2.72. The number of hydrogen-bond donors (Lipinski definition) is 1. The zero-order valence-corrected chi connectivity index (χ0v) is 12.2. The summed E-state index contributed by atoms with van der Waals surface area (Å²) in [4.78, 5) is 11.9. The summed E-state index contributed by atoms with van der Waals surface area (Å²) in [5.41, 5.74) is 0.683. The van der Waals surface area contributed by atoms with Gasteiger partial charge in [0.05, 0.1) is 0 Å². The first kappa shape index (κ1) is 13.8. The molecule has 0 spiro atoms. The minimum absolute atomic E-state index is 0.0204. The molecule has 88 valence electrons. The standard InChI is InChI=1S/C12H15ClINO/c1-8(2)11(7-13)15-12(16)9-4-3-5-10(14)6-9/h3-6,8,11H,7H2,1-2H3,(H,15,16). The number of rotatable bonds is 4. The molecule has 1 amide bonds. The molecule has 0 bridgehead atoms. The molecule has 0 aliphatic rings. The fourth-order valence-corrected chi connectivity index (χ4v) is 2.24. The fraction of sp³-hybridized carbons (Fsp3) is 0.417. The monoisotopic (exact) mass is 351 g/mol. The van der Waals surface area contributed by atoms with Gasteiger partial charge in [0.2, 0.25) is 0 Å². The van der Waals surface area contributed by atoms with Crippen LogP contribution in [-0.2, 0) is 0 Å². The fourth-order valence-electron chi connectivity index (χ4n) is 1.26. The van der Waals surface area contributed by atoms with E-state index in [0.717, 1.165) is 3.57 Å². The lowest BCUT2D eigenvalue weighted by Gasteiger charge is -2.19. The molecule has 0 aliphatic carbocycles. The van der Waals surface area contributed by atoms with Gasteiger partial charge in [-0.25, -0.2) is 0 Å². The summed E-state index contributed by atoms with van der Waals surface area (Å²) in [6.45, 7) is 4.09. The molecule has 1 aromatic rings. The van der Waals surface area contributed by atoms with Crippen molar-refractivity contribution < 1.29 is 4.79 Å². The first-order valence-electron chi connectivity index (χ1n) is 5.17. The molecule has 1 aromatic carbocycles. The summed E-state index contributed by atoms with van der Waals surface area (Å²) in [6.07, 6.45) is 0. The molecular weight excluding hydrogens is 336 g/mol. The van der Waals surface area contributed by atoms with Crippen LogP contribution in [0.3, 0.4) is 0 Å². The van der Waals surface area contributed by atoms with Crippen LogP contribution < -0.4 is 5.32 Å². The Morgan fingerprint density at radius 2 is 2.19 bits per heavy atom. The highest BCUT2D eigenvalue weighted by molar-refractivity contribution is 14.1. The maximum absolute atomic E-state index is 11.9. The van der Waals surface area contributed by atoms with Gasteiger partial charge in [-0.2, -0.15) is 0 Å². The second-order valence-corrected chi connectivity index (χ2v) is 5.54. The summed E-state index contributed by atoms with van der Waals surface area (Å²) in [6, 6.07) is 7.53. The third-order valence-electron chi connectivity index (χ3n) is 2.37. The number of halogens is 2. The minimum Gasteiger partial charge on any atom is -0.348 e. The van der Waals surface area contributed by atoms with Crippen molar-refractivity contribution in [2.24, 2.45) is 5.92 Å². The first-order valence-corrected chi connectivity index (χ1v) is 6.78. The van der Waals surface area contributed by atoms with Crippen molar-refractivity contribution in [1.82, 2.24) is 5.32 Å². The van der Waals surface area contributed by atoms with Crippen LogP contribution in [0.1, 0.15) is 24.2 Å². The molecule has 1 rings (SSSR count). The van der Waals surface area contributed by atoms with Crippen LogP contribution in [0.2, 0.25) is 0 Å². The quantitative estimate of drug-likeness (QED) is 0.654. The maximum Gasteiger partial charge on any atom is 0.251 e. The van der Waals surface area contributed by atoms with Crippen LogP contribution in [0.15, 0.2) is 24.3 Å². The van der Waals surface area contributed by atoms with E-state index in [0.29, 0.717) is 17.4 Å². The number of carbonyl (C=O) groups excluding carboxylic acids is 1. The van der Waals surface area contributed by atoms with Gasteiger partial charge in [0, 0.05) is 21.1 Å². The molecule has 2 nitrogen and oxygen atoms in total. The molecule has 0 radical (unpaired) electrons. The molecule has 0 aromatic heterocycles. The molecule has 0 saturated heterocycles. The van der Waals surface area contributed by atoms with Gasteiger partial charge in [-0.1, -0.05) is 19.9 Å². The third kappa shape index (κ3) is 3.94. The van der Waals surface area contributed by atoms with Crippen molar-refractivity contribution in [1.29, 1.82) is 0 Å². The van der Waals surface area contributed by atoms with Gasteiger partial charge in [0.1, 0.15) is 0 Å². The highest BCUT2D eigenvalue weighted by atomic mass is 127. The zero-order chi connectivity index (χ0) is 12.1. The minimum atomic E-state index is -0.0575. The Hall–Kier alpha value is -0.290. The predicted octanol–water partition coefficient (Wildman–Crippen LogP) is 3.28. The van der Waals surface area contributed by atoms with E-state index in [1.54, 1.807) is 0 Å². The smallest absolute Gasteiger partial charge is 0.251 e. The molecule has 0 fully saturated rings. The van der Waals surface area contributed by atoms with E-state index in [2.05, 4.69) is 27.9 Å². The van der Waals surface area contributed by atoms with Crippen LogP contribution in [0.5, 0.6) is 0 Å². The summed E-state index contributed by atoms with van der Waals surface area (Å²) >= 11 is 8.00. The van der Waals surface area contributed by atoms with Crippen molar-refractivity contribution >= 4 is 40.1 Å². The lowest BCUT2D eigenvalue weighted by atomic mass is 10.1. The Labute approximate surface area is 115 Å². The summed E-state index contributed by atoms with van der Waals surface area (Å²) in [5.74, 6) is 0.718. The average Bonchev–Trinajstić information content (AvgIpc) is 2.25. The van der Waals surface area contributed by atoms with E-state index < -0.39 is 0 Å². The molecule has 0 heterocycles. The lowest BCUT2D eigenvalue weighted by molar-refractivity contribution is 0.0931. The average molecular weight is 352 g/mol. The highest BCUT2D eigenvalue weighted by Crippen LogP contribution is 2.09. The van der Waals surface area contributed by atoms with E-state index in [4.69, 9.17) is 11.6 Å². The van der Waals surface area contributed by atoms with E-state index in [1.807, 2.05) is 38.1 Å². The van der Waals surface area contributed by atoms with E-state index in [1.165, 1.54) is 0 Å². The van der Waals surface area contributed by atoms with E-state index >= 15 is 0 Å². The third-order valence-corrected chi connectivity index (χ3v) is 3.38. The SMILES string of the molecule is CC(C)C(CCl)NC(=O)c1cccc(I)c1. The van der Waals surface area contributed by atoms with Crippen LogP contribution in [0, 0.1) is 9.49 Å². The first-order chi connectivity index (χ1) is 7.54. The van der Waals surface area contributed by atoms with Crippen molar-refractivity contribution in [3.05, 3.63) is 33.4 Å². The summed E-state index contributed by atoms with van der Waals surface area (Å²) in [7, 11) is 0. The molecule has 0 saturated carbocycles. The number of hydrogen-bond acceptors (Lipinski definition) is 1. The number of alkyl halides is 1. The van der Waals surface area contributed by atoms with Crippen LogP contribution in [-0.4, -0.2) is 17.8 Å². The van der Waals surface area contributed by atoms with E-state index in [9.17, 15) is 4.79 Å². The van der Waals surface area contributed by atoms with Gasteiger partial charge >= 0.3 is 0 Å². The zero-order valence-electron chi connectivity index (χ0n) is 9.34. The van der Waals surface area contributed by atoms with Crippen LogP contribution in [0.4, 0.5) is 0 Å². The number of nitrogens with one attached hydrogen (secondary N) is 1. The van der Waals surface area contributed by atoms with Gasteiger partial charge in [0.25, 0.3) is 5.91 Å². The van der Waals surface area contributed by atoms with Crippen LogP contribution in [0.25, 0.3) is 0 Å². The van der Waals surface area contributed by atoms with Crippen molar-refractivity contribution in [3.8, 4) is 0 Å². The highest BCUT2D eigenvalue weighted by Gasteiger charge is 2.15. The van der Waals surface area contributed by atoms with Gasteiger partial charge in [-0.3, -0.25) is 4.79 Å². The topological polar surface area (TPSA) is 29.1 Å². The van der Waals surface area contributed by atoms with E-state index in [-0.39, 0.29) is 11.9 Å². The van der Waals surface area contributed by atoms with Gasteiger partial charge in [-0.15, -0.1) is 11.6 Å². The molecule has 16 heavy (non-hydrogen) atoms. The number of amides is 1. The molecule has 1 N–H and O–H groups in total. The Kier molecular flexibility index (Phi) is 5.55. The molecule has 0 aliphatic heterocycles. The van der Waals surface area contributed by atoms with Gasteiger partial charge in [-0.05, 0) is 46.7 Å². The Morgan fingerprint density at radius 1 is 1.50 bits per heavy atom. The molecule has 1 atom stereocenters. The largest absolute Gasteiger partial charge is 0.348 e. The van der Waals surface area contributed by atoms with Crippen molar-refractivity contribution in [2.45, 2.75) is 19.9 Å². The number of carbonyl (C=O) groups is 1. The summed E-state index contributed by atoms with van der Waals surface area (Å²) < 4.78 is 1.05.